The zero-order chi connectivity index (χ0) is 25.9. The fourth-order valence-corrected chi connectivity index (χ4v) is 3.70. The van der Waals surface area contributed by atoms with Crippen LogP contribution in [0.4, 0.5) is 4.79 Å². The van der Waals surface area contributed by atoms with E-state index in [2.05, 4.69) is 29.2 Å². The molecule has 3 N–H and O–H groups in total. The summed E-state index contributed by atoms with van der Waals surface area (Å²) in [6, 6.07) is 4.49. The second-order valence-electron chi connectivity index (χ2n) is 8.97. The average molecular weight is 492 g/mol. The van der Waals surface area contributed by atoms with Gasteiger partial charge in [0.25, 0.3) is 0 Å². The second kappa shape index (κ2) is 13.9. The fraction of sp³-hybridized carbons (Fsp3) is 0.560. The number of ether oxygens (including phenoxy) is 1. The van der Waals surface area contributed by atoms with E-state index in [9.17, 15) is 19.5 Å². The number of carbonyl (C=O) groups is 3. The van der Waals surface area contributed by atoms with Crippen molar-refractivity contribution in [2.75, 3.05) is 18.9 Å². The monoisotopic (exact) mass is 491 g/mol. The van der Waals surface area contributed by atoms with E-state index in [0.717, 1.165) is 12.8 Å². The summed E-state index contributed by atoms with van der Waals surface area (Å²) in [5, 5.41) is 15.2. The standard InChI is InChI=1S/C25H37N3O5S/c1-7-11-17(3)26-22(30)21(19-13-10-9-12-18(19)8-2)28(14-15-29)23(31)20(16-34)27-24(32)33-25(4,5)6/h2,9-10,12-13,17,20-21,29,34H,7,11,14-16H2,1,3-6H3,(H,26,30)(H,27,32). The number of aliphatic hydroxyl groups excluding tert-OH is 1. The van der Waals surface area contributed by atoms with Crippen molar-refractivity contribution in [3.63, 3.8) is 0 Å². The average Bonchev–Trinajstić information content (AvgIpc) is 2.75. The summed E-state index contributed by atoms with van der Waals surface area (Å²) in [6.45, 7) is 8.45. The molecule has 1 aromatic carbocycles. The van der Waals surface area contributed by atoms with Gasteiger partial charge in [-0.05, 0) is 45.7 Å². The molecule has 1 aromatic rings. The van der Waals surface area contributed by atoms with Crippen molar-refractivity contribution >= 4 is 30.5 Å². The number of amides is 3. The molecule has 1 rings (SSSR count). The third-order valence-corrected chi connectivity index (χ3v) is 5.24. The molecular weight excluding hydrogens is 454 g/mol. The van der Waals surface area contributed by atoms with Gasteiger partial charge in [0, 0.05) is 23.9 Å². The summed E-state index contributed by atoms with van der Waals surface area (Å²) >= 11 is 4.22. The van der Waals surface area contributed by atoms with Crippen molar-refractivity contribution < 1.29 is 24.2 Å². The number of rotatable bonds is 11. The maximum absolute atomic E-state index is 13.6. The minimum atomic E-state index is -1.12. The van der Waals surface area contributed by atoms with E-state index in [0.29, 0.717) is 11.1 Å². The first kappa shape index (κ1) is 29.3. The minimum Gasteiger partial charge on any atom is -0.444 e. The van der Waals surface area contributed by atoms with Crippen molar-refractivity contribution in [1.82, 2.24) is 15.5 Å². The molecule has 3 atom stereocenters. The molecule has 0 fully saturated rings. The third-order valence-electron chi connectivity index (χ3n) is 4.88. The molecule has 3 unspecified atom stereocenters. The van der Waals surface area contributed by atoms with E-state index < -0.39 is 42.2 Å². The topological polar surface area (TPSA) is 108 Å². The van der Waals surface area contributed by atoms with Crippen LogP contribution < -0.4 is 10.6 Å². The van der Waals surface area contributed by atoms with E-state index in [4.69, 9.17) is 11.2 Å². The van der Waals surface area contributed by atoms with Crippen LogP contribution in [-0.2, 0) is 14.3 Å². The third kappa shape index (κ3) is 8.92. The summed E-state index contributed by atoms with van der Waals surface area (Å²) in [6.07, 6.45) is 6.51. The number of hydrogen-bond acceptors (Lipinski definition) is 6. The molecule has 0 aliphatic rings. The first-order valence-corrected chi connectivity index (χ1v) is 12.0. The van der Waals surface area contributed by atoms with Crippen LogP contribution in [0.5, 0.6) is 0 Å². The van der Waals surface area contributed by atoms with Crippen LogP contribution in [0.25, 0.3) is 0 Å². The number of nitrogens with one attached hydrogen (secondary N) is 2. The zero-order valence-electron chi connectivity index (χ0n) is 20.6. The Balaban J connectivity index is 3.42. The smallest absolute Gasteiger partial charge is 0.408 e. The highest BCUT2D eigenvalue weighted by Gasteiger charge is 2.36. The van der Waals surface area contributed by atoms with Gasteiger partial charge in [0.2, 0.25) is 11.8 Å². The summed E-state index contributed by atoms with van der Waals surface area (Å²) in [4.78, 5) is 40.5. The summed E-state index contributed by atoms with van der Waals surface area (Å²) in [7, 11) is 0. The van der Waals surface area contributed by atoms with Crippen molar-refractivity contribution in [3.05, 3.63) is 35.4 Å². The normalized spacial score (nSPS) is 13.7. The molecule has 0 spiro atoms. The number of terminal acetylenes is 1. The lowest BCUT2D eigenvalue weighted by molar-refractivity contribution is -0.142. The van der Waals surface area contributed by atoms with Gasteiger partial charge in [0.05, 0.1) is 6.61 Å². The lowest BCUT2D eigenvalue weighted by Gasteiger charge is -2.34. The van der Waals surface area contributed by atoms with Gasteiger partial charge in [0.15, 0.2) is 0 Å². The molecular formula is C25H37N3O5S. The van der Waals surface area contributed by atoms with Crippen LogP contribution in [0.3, 0.4) is 0 Å². The molecule has 0 radical (unpaired) electrons. The molecule has 0 saturated heterocycles. The number of thiol groups is 1. The molecule has 0 aliphatic carbocycles. The Kier molecular flexibility index (Phi) is 12.0. The highest BCUT2D eigenvalue weighted by molar-refractivity contribution is 7.80. The number of benzene rings is 1. The van der Waals surface area contributed by atoms with Gasteiger partial charge in [-0.3, -0.25) is 9.59 Å². The van der Waals surface area contributed by atoms with Crippen molar-refractivity contribution in [3.8, 4) is 12.3 Å². The van der Waals surface area contributed by atoms with Gasteiger partial charge in [-0.15, -0.1) is 6.42 Å². The number of aliphatic hydroxyl groups is 1. The number of carbonyl (C=O) groups excluding carboxylic acids is 3. The van der Waals surface area contributed by atoms with E-state index in [1.54, 1.807) is 45.0 Å². The lowest BCUT2D eigenvalue weighted by atomic mass is 9.97. The quantitative estimate of drug-likeness (QED) is 0.281. The Hall–Kier alpha value is -2.70. The highest BCUT2D eigenvalue weighted by Crippen LogP contribution is 2.26. The molecule has 3 amide bonds. The largest absolute Gasteiger partial charge is 0.444 e. The van der Waals surface area contributed by atoms with Gasteiger partial charge in [-0.25, -0.2) is 4.79 Å². The molecule has 188 valence electrons. The Morgan fingerprint density at radius 1 is 1.24 bits per heavy atom. The number of alkyl carbamates (subject to hydrolysis) is 1. The first-order valence-electron chi connectivity index (χ1n) is 11.4. The van der Waals surface area contributed by atoms with Gasteiger partial charge in [-0.1, -0.05) is 37.5 Å². The summed E-state index contributed by atoms with van der Waals surface area (Å²) in [5.41, 5.74) is 0.134. The van der Waals surface area contributed by atoms with Crippen LogP contribution in [0, 0.1) is 12.3 Å². The molecule has 0 aromatic heterocycles. The maximum atomic E-state index is 13.6. The predicted octanol–water partition coefficient (Wildman–Crippen LogP) is 2.66. The SMILES string of the molecule is C#Cc1ccccc1C(C(=O)NC(C)CCC)N(CCO)C(=O)C(CS)NC(=O)OC(C)(C)C. The Bertz CT molecular complexity index is 878. The Morgan fingerprint density at radius 2 is 1.88 bits per heavy atom. The van der Waals surface area contributed by atoms with Crippen LogP contribution >= 0.6 is 12.6 Å². The van der Waals surface area contributed by atoms with Crippen molar-refractivity contribution in [2.45, 2.75) is 71.2 Å². The van der Waals surface area contributed by atoms with E-state index in [-0.39, 0.29) is 18.3 Å². The molecule has 0 heterocycles. The van der Waals surface area contributed by atoms with Crippen LogP contribution in [0.2, 0.25) is 0 Å². The predicted molar refractivity (Wildman–Crippen MR) is 135 cm³/mol. The minimum absolute atomic E-state index is 0.0443. The zero-order valence-corrected chi connectivity index (χ0v) is 21.5. The van der Waals surface area contributed by atoms with Gasteiger partial charge < -0.3 is 25.4 Å². The van der Waals surface area contributed by atoms with Gasteiger partial charge in [0.1, 0.15) is 17.7 Å². The molecule has 0 saturated carbocycles. The van der Waals surface area contributed by atoms with Crippen LogP contribution in [0.15, 0.2) is 24.3 Å². The van der Waals surface area contributed by atoms with Crippen LogP contribution in [0.1, 0.15) is 64.6 Å². The maximum Gasteiger partial charge on any atom is 0.408 e. The van der Waals surface area contributed by atoms with E-state index >= 15 is 0 Å². The Labute approximate surface area is 208 Å². The fourth-order valence-electron chi connectivity index (χ4n) is 3.45. The summed E-state index contributed by atoms with van der Waals surface area (Å²) < 4.78 is 5.26. The lowest BCUT2D eigenvalue weighted by Crippen LogP contribution is -2.55. The molecule has 0 aliphatic heterocycles. The first-order chi connectivity index (χ1) is 16.0. The Morgan fingerprint density at radius 3 is 2.41 bits per heavy atom. The van der Waals surface area contributed by atoms with Gasteiger partial charge >= 0.3 is 6.09 Å². The van der Waals surface area contributed by atoms with Crippen LogP contribution in [-0.4, -0.2) is 64.5 Å². The molecule has 0 bridgehead atoms. The van der Waals surface area contributed by atoms with E-state index in [1.807, 2.05) is 13.8 Å². The highest BCUT2D eigenvalue weighted by atomic mass is 32.1. The summed E-state index contributed by atoms with van der Waals surface area (Å²) in [5.74, 6) is 1.49. The molecule has 9 heteroatoms. The molecule has 8 nitrogen and oxygen atoms in total. The van der Waals surface area contributed by atoms with Gasteiger partial charge in [-0.2, -0.15) is 12.6 Å². The number of hydrogen-bond donors (Lipinski definition) is 4. The second-order valence-corrected chi connectivity index (χ2v) is 9.33. The number of nitrogens with zero attached hydrogens (tertiary/aromatic N) is 1. The van der Waals surface area contributed by atoms with Crippen molar-refractivity contribution in [1.29, 1.82) is 0 Å². The van der Waals surface area contributed by atoms with E-state index in [1.165, 1.54) is 4.90 Å². The van der Waals surface area contributed by atoms with Crippen molar-refractivity contribution in [2.24, 2.45) is 0 Å². The molecule has 34 heavy (non-hydrogen) atoms.